The fourth-order valence-corrected chi connectivity index (χ4v) is 4.97. The first kappa shape index (κ1) is 15.8. The SMILES string of the molecule is O=S1(=O)CC[C@H](N(Cc2ccccc2)Cc2noc(C3CC3)n2)C1. The van der Waals surface area contributed by atoms with E-state index in [-0.39, 0.29) is 17.5 Å². The van der Waals surface area contributed by atoms with Gasteiger partial charge in [-0.15, -0.1) is 0 Å². The smallest absolute Gasteiger partial charge is 0.229 e. The largest absolute Gasteiger partial charge is 0.339 e. The van der Waals surface area contributed by atoms with E-state index < -0.39 is 9.84 Å². The van der Waals surface area contributed by atoms with E-state index in [0.29, 0.717) is 31.3 Å². The number of nitrogens with zero attached hydrogens (tertiary/aromatic N) is 3. The van der Waals surface area contributed by atoms with Crippen LogP contribution in [0.4, 0.5) is 0 Å². The second-order valence-electron chi connectivity index (χ2n) is 6.77. The molecule has 24 heavy (non-hydrogen) atoms. The molecule has 6 nitrogen and oxygen atoms in total. The summed E-state index contributed by atoms with van der Waals surface area (Å²) in [6.45, 7) is 1.21. The highest BCUT2D eigenvalue weighted by molar-refractivity contribution is 7.91. The Hall–Kier alpha value is -1.73. The van der Waals surface area contributed by atoms with E-state index in [1.54, 1.807) is 0 Å². The number of aromatic nitrogens is 2. The lowest BCUT2D eigenvalue weighted by atomic mass is 10.1. The van der Waals surface area contributed by atoms with E-state index in [0.717, 1.165) is 24.3 Å². The zero-order valence-electron chi connectivity index (χ0n) is 13.5. The molecular weight excluding hydrogens is 326 g/mol. The van der Waals surface area contributed by atoms with Crippen LogP contribution in [0.25, 0.3) is 0 Å². The molecule has 0 amide bonds. The lowest BCUT2D eigenvalue weighted by Crippen LogP contribution is -2.35. The molecule has 7 heteroatoms. The molecule has 2 aliphatic rings. The predicted molar refractivity (Wildman–Crippen MR) is 89.0 cm³/mol. The molecule has 0 bridgehead atoms. The van der Waals surface area contributed by atoms with Gasteiger partial charge < -0.3 is 4.52 Å². The molecule has 1 saturated heterocycles. The lowest BCUT2D eigenvalue weighted by molar-refractivity contribution is 0.187. The van der Waals surface area contributed by atoms with E-state index in [1.807, 2.05) is 18.2 Å². The average molecular weight is 347 g/mol. The standard InChI is InChI=1S/C17H21N3O3S/c21-24(22)9-8-15(12-24)20(10-13-4-2-1-3-5-13)11-16-18-17(23-19-16)14-6-7-14/h1-5,14-15H,6-12H2/t15-/m0/s1. The number of benzene rings is 1. The first-order chi connectivity index (χ1) is 11.6. The second-order valence-corrected chi connectivity index (χ2v) is 9.00. The maximum Gasteiger partial charge on any atom is 0.229 e. The molecule has 1 atom stereocenters. The zero-order valence-corrected chi connectivity index (χ0v) is 14.3. The Labute approximate surface area is 141 Å². The summed E-state index contributed by atoms with van der Waals surface area (Å²) >= 11 is 0. The van der Waals surface area contributed by atoms with Gasteiger partial charge in [0.1, 0.15) is 0 Å². The van der Waals surface area contributed by atoms with E-state index >= 15 is 0 Å². The molecule has 1 saturated carbocycles. The summed E-state index contributed by atoms with van der Waals surface area (Å²) in [7, 11) is -2.93. The van der Waals surface area contributed by atoms with Gasteiger partial charge in [-0.3, -0.25) is 4.90 Å². The zero-order chi connectivity index (χ0) is 16.6. The number of hydrogen-bond acceptors (Lipinski definition) is 6. The molecule has 2 aromatic rings. The van der Waals surface area contributed by atoms with Crippen LogP contribution in [0.1, 0.15) is 42.5 Å². The van der Waals surface area contributed by atoms with Crippen LogP contribution in [0, 0.1) is 0 Å². The van der Waals surface area contributed by atoms with Crippen LogP contribution >= 0.6 is 0 Å². The minimum atomic E-state index is -2.93. The van der Waals surface area contributed by atoms with E-state index in [9.17, 15) is 8.42 Å². The molecule has 0 unspecified atom stereocenters. The van der Waals surface area contributed by atoms with Gasteiger partial charge in [0.2, 0.25) is 5.89 Å². The van der Waals surface area contributed by atoms with Crippen molar-refractivity contribution in [3.8, 4) is 0 Å². The Balaban J connectivity index is 1.52. The molecular formula is C17H21N3O3S. The highest BCUT2D eigenvalue weighted by Crippen LogP contribution is 2.38. The predicted octanol–water partition coefficient (Wildman–Crippen LogP) is 2.14. The molecule has 128 valence electrons. The molecule has 2 heterocycles. The topological polar surface area (TPSA) is 76.3 Å². The van der Waals surface area contributed by atoms with E-state index in [2.05, 4.69) is 27.2 Å². The normalized spacial score (nSPS) is 23.0. The fraction of sp³-hybridized carbons (Fsp3) is 0.529. The van der Waals surface area contributed by atoms with Crippen molar-refractivity contribution in [2.24, 2.45) is 0 Å². The molecule has 1 aliphatic heterocycles. The highest BCUT2D eigenvalue weighted by atomic mass is 32.2. The quantitative estimate of drug-likeness (QED) is 0.797. The van der Waals surface area contributed by atoms with Crippen molar-refractivity contribution in [3.63, 3.8) is 0 Å². The van der Waals surface area contributed by atoms with Crippen molar-refractivity contribution >= 4 is 9.84 Å². The molecule has 1 aromatic heterocycles. The monoisotopic (exact) mass is 347 g/mol. The van der Waals surface area contributed by atoms with Gasteiger partial charge in [0.25, 0.3) is 0 Å². The maximum absolute atomic E-state index is 11.9. The fourth-order valence-electron chi connectivity index (χ4n) is 3.20. The number of rotatable bonds is 6. The Bertz CT molecular complexity index is 799. The van der Waals surface area contributed by atoms with Gasteiger partial charge in [0.05, 0.1) is 18.1 Å². The third kappa shape index (κ3) is 3.67. The Morgan fingerprint density at radius 3 is 2.58 bits per heavy atom. The molecule has 1 aliphatic carbocycles. The molecule has 0 N–H and O–H groups in total. The summed E-state index contributed by atoms with van der Waals surface area (Å²) in [5.74, 6) is 2.29. The first-order valence-electron chi connectivity index (χ1n) is 8.40. The minimum Gasteiger partial charge on any atom is -0.339 e. The third-order valence-corrected chi connectivity index (χ3v) is 6.46. The van der Waals surface area contributed by atoms with Crippen molar-refractivity contribution in [2.45, 2.75) is 44.3 Å². The highest BCUT2D eigenvalue weighted by Gasteiger charge is 2.34. The molecule has 4 rings (SSSR count). The van der Waals surface area contributed by atoms with Crippen LogP contribution in [0.5, 0.6) is 0 Å². The summed E-state index contributed by atoms with van der Waals surface area (Å²) in [6, 6.07) is 10.1. The summed E-state index contributed by atoms with van der Waals surface area (Å²) in [6.07, 6.45) is 2.91. The van der Waals surface area contributed by atoms with Crippen LogP contribution < -0.4 is 0 Å². The minimum absolute atomic E-state index is 0.0121. The molecule has 1 aromatic carbocycles. The van der Waals surface area contributed by atoms with E-state index in [1.165, 1.54) is 0 Å². The van der Waals surface area contributed by atoms with Gasteiger partial charge in [0.15, 0.2) is 15.7 Å². The van der Waals surface area contributed by atoms with Gasteiger partial charge in [0, 0.05) is 18.5 Å². The van der Waals surface area contributed by atoms with Gasteiger partial charge in [-0.1, -0.05) is 35.5 Å². The molecule has 2 fully saturated rings. The number of hydrogen-bond donors (Lipinski definition) is 0. The van der Waals surface area contributed by atoms with Crippen molar-refractivity contribution in [2.75, 3.05) is 11.5 Å². The maximum atomic E-state index is 11.9. The summed E-state index contributed by atoms with van der Waals surface area (Å²) in [5, 5.41) is 4.09. The van der Waals surface area contributed by atoms with Gasteiger partial charge in [-0.2, -0.15) is 4.98 Å². The second kappa shape index (κ2) is 6.29. The van der Waals surface area contributed by atoms with Crippen LogP contribution in [0.2, 0.25) is 0 Å². The lowest BCUT2D eigenvalue weighted by Gasteiger charge is -2.26. The first-order valence-corrected chi connectivity index (χ1v) is 10.2. The summed E-state index contributed by atoms with van der Waals surface area (Å²) in [4.78, 5) is 6.66. The Morgan fingerprint density at radius 2 is 1.92 bits per heavy atom. The van der Waals surface area contributed by atoms with Crippen LogP contribution in [-0.4, -0.2) is 41.0 Å². The summed E-state index contributed by atoms with van der Waals surface area (Å²) < 4.78 is 29.1. The molecule has 0 spiro atoms. The summed E-state index contributed by atoms with van der Waals surface area (Å²) in [5.41, 5.74) is 1.16. The van der Waals surface area contributed by atoms with Gasteiger partial charge in [-0.05, 0) is 24.8 Å². The van der Waals surface area contributed by atoms with E-state index in [4.69, 9.17) is 4.52 Å². The average Bonchev–Trinajstić information content (AvgIpc) is 3.20. The van der Waals surface area contributed by atoms with Crippen molar-refractivity contribution in [1.29, 1.82) is 0 Å². The van der Waals surface area contributed by atoms with Gasteiger partial charge >= 0.3 is 0 Å². The van der Waals surface area contributed by atoms with Crippen LogP contribution in [-0.2, 0) is 22.9 Å². The molecule has 0 radical (unpaired) electrons. The Kier molecular flexibility index (Phi) is 4.14. The van der Waals surface area contributed by atoms with Crippen LogP contribution in [0.15, 0.2) is 34.9 Å². The third-order valence-electron chi connectivity index (χ3n) is 4.71. The van der Waals surface area contributed by atoms with Crippen molar-refractivity contribution in [1.82, 2.24) is 15.0 Å². The van der Waals surface area contributed by atoms with Crippen molar-refractivity contribution < 1.29 is 12.9 Å². The Morgan fingerprint density at radius 1 is 1.12 bits per heavy atom. The van der Waals surface area contributed by atoms with Crippen LogP contribution in [0.3, 0.4) is 0 Å². The number of sulfone groups is 1. The van der Waals surface area contributed by atoms with Gasteiger partial charge in [-0.25, -0.2) is 8.42 Å². The van der Waals surface area contributed by atoms with Crippen molar-refractivity contribution in [3.05, 3.63) is 47.6 Å².